The number of amidine groups is 1. The van der Waals surface area contributed by atoms with Crippen molar-refractivity contribution in [3.8, 4) is 0 Å². The van der Waals surface area contributed by atoms with E-state index in [2.05, 4.69) is 10.3 Å². The highest BCUT2D eigenvalue weighted by Gasteiger charge is 2.20. The number of nitrogens with one attached hydrogen (secondary N) is 1. The molecule has 3 nitrogen and oxygen atoms in total. The fourth-order valence-corrected chi connectivity index (χ4v) is 2.06. The molecule has 0 amide bonds. The Hall–Kier alpha value is -0.510. The number of Topliss-reactive ketones (excluding diaryl/α,β-unsaturated/α-hetero) is 1. The van der Waals surface area contributed by atoms with E-state index in [1.807, 2.05) is 13.8 Å². The molecule has 1 N–H and O–H groups in total. The first-order valence-corrected chi connectivity index (χ1v) is 5.54. The Labute approximate surface area is 84.9 Å². The van der Waals surface area contributed by atoms with Gasteiger partial charge in [-0.05, 0) is 12.8 Å². The molecule has 1 aliphatic rings. The van der Waals surface area contributed by atoms with E-state index < -0.39 is 0 Å². The number of aliphatic imine (C=N–C) groups is 1. The summed E-state index contributed by atoms with van der Waals surface area (Å²) in [5, 5.41) is 4.10. The van der Waals surface area contributed by atoms with Crippen molar-refractivity contribution < 1.29 is 6.22 Å². The van der Waals surface area contributed by atoms with Crippen LogP contribution in [-0.4, -0.2) is 29.3 Å². The molecule has 1 aliphatic heterocycles. The number of hydrogen-bond acceptors (Lipinski definition) is 4. The summed E-state index contributed by atoms with van der Waals surface area (Å²) in [7, 11) is 0. The SMILES string of the molecule is CC(=O)[C@@H](NC1=NCCS1)C(C)C.[HH]. The zero-order valence-electron chi connectivity index (χ0n) is 8.33. The first-order valence-electron chi connectivity index (χ1n) is 4.55. The molecule has 0 bridgehead atoms. The van der Waals surface area contributed by atoms with Crippen LogP contribution in [0.1, 0.15) is 22.2 Å². The Morgan fingerprint density at radius 3 is 2.77 bits per heavy atom. The van der Waals surface area contributed by atoms with E-state index in [4.69, 9.17) is 0 Å². The Bertz CT molecular complexity index is 231. The molecule has 76 valence electrons. The number of thioether (sulfide) groups is 1. The highest BCUT2D eigenvalue weighted by molar-refractivity contribution is 8.14. The zero-order chi connectivity index (χ0) is 9.84. The van der Waals surface area contributed by atoms with Gasteiger partial charge in [0.2, 0.25) is 0 Å². The minimum atomic E-state index is -0.0793. The van der Waals surface area contributed by atoms with Gasteiger partial charge in [-0.25, -0.2) is 0 Å². The summed E-state index contributed by atoms with van der Waals surface area (Å²) in [6.45, 7) is 6.58. The molecule has 0 aliphatic carbocycles. The third-order valence-corrected chi connectivity index (χ3v) is 2.88. The first-order chi connectivity index (χ1) is 6.11. The molecule has 1 heterocycles. The number of carbonyl (C=O) groups excluding carboxylic acids is 1. The van der Waals surface area contributed by atoms with Crippen LogP contribution in [0.25, 0.3) is 0 Å². The molecule has 13 heavy (non-hydrogen) atoms. The van der Waals surface area contributed by atoms with Crippen molar-refractivity contribution >= 4 is 22.7 Å². The third-order valence-electron chi connectivity index (χ3n) is 1.97. The average Bonchev–Trinajstić information content (AvgIpc) is 2.50. The highest BCUT2D eigenvalue weighted by Crippen LogP contribution is 2.12. The number of rotatable bonds is 3. The second-order valence-electron chi connectivity index (χ2n) is 3.51. The summed E-state index contributed by atoms with van der Waals surface area (Å²) in [5.41, 5.74) is 0. The first kappa shape index (κ1) is 10.6. The van der Waals surface area contributed by atoms with Crippen LogP contribution in [0.15, 0.2) is 4.99 Å². The zero-order valence-corrected chi connectivity index (χ0v) is 9.15. The van der Waals surface area contributed by atoms with E-state index in [9.17, 15) is 4.79 Å². The van der Waals surface area contributed by atoms with Crippen LogP contribution in [0.2, 0.25) is 0 Å². The van der Waals surface area contributed by atoms with Gasteiger partial charge >= 0.3 is 0 Å². The molecule has 0 aromatic rings. The van der Waals surface area contributed by atoms with E-state index in [-0.39, 0.29) is 13.3 Å². The van der Waals surface area contributed by atoms with Gasteiger partial charge in [0, 0.05) is 7.18 Å². The van der Waals surface area contributed by atoms with Crippen LogP contribution >= 0.6 is 11.8 Å². The molecule has 0 aromatic heterocycles. The van der Waals surface area contributed by atoms with E-state index >= 15 is 0 Å². The molecule has 0 unspecified atom stereocenters. The lowest BCUT2D eigenvalue weighted by Crippen LogP contribution is -2.41. The van der Waals surface area contributed by atoms with Gasteiger partial charge in [0.05, 0.1) is 12.6 Å². The maximum atomic E-state index is 11.2. The van der Waals surface area contributed by atoms with Gasteiger partial charge in [-0.15, -0.1) is 0 Å². The van der Waals surface area contributed by atoms with E-state index in [1.165, 1.54) is 0 Å². The number of ketones is 1. The second-order valence-corrected chi connectivity index (χ2v) is 4.60. The molecule has 0 spiro atoms. The lowest BCUT2D eigenvalue weighted by molar-refractivity contribution is -0.119. The van der Waals surface area contributed by atoms with Crippen LogP contribution < -0.4 is 5.32 Å². The van der Waals surface area contributed by atoms with Crippen molar-refractivity contribution in [2.75, 3.05) is 12.3 Å². The quantitative estimate of drug-likeness (QED) is 0.754. The van der Waals surface area contributed by atoms with Gasteiger partial charge in [0.25, 0.3) is 0 Å². The summed E-state index contributed by atoms with van der Waals surface area (Å²) in [6, 6.07) is -0.0793. The predicted octanol–water partition coefficient (Wildman–Crippen LogP) is 1.54. The van der Waals surface area contributed by atoms with Crippen molar-refractivity contribution in [1.29, 1.82) is 0 Å². The molecule has 0 saturated carbocycles. The fraction of sp³-hybridized carbons (Fsp3) is 0.778. The minimum absolute atomic E-state index is 0. The lowest BCUT2D eigenvalue weighted by Gasteiger charge is -2.19. The number of hydrogen-bond donors (Lipinski definition) is 1. The average molecular weight is 202 g/mol. The lowest BCUT2D eigenvalue weighted by atomic mass is 10.0. The smallest absolute Gasteiger partial charge is 0.157 e. The standard InChI is InChI=1S/C9H16N2OS.H2/c1-6(2)8(7(3)12)11-9-10-4-5-13-9;/h6,8H,4-5H2,1-3H3,(H,10,11);1H/t8-;/m0./s1. The molecule has 4 heteroatoms. The molecule has 0 aromatic carbocycles. The largest absolute Gasteiger partial charge is 0.355 e. The maximum Gasteiger partial charge on any atom is 0.157 e. The van der Waals surface area contributed by atoms with Crippen LogP contribution in [-0.2, 0) is 4.79 Å². The molecule has 0 fully saturated rings. The van der Waals surface area contributed by atoms with Gasteiger partial charge in [-0.1, -0.05) is 25.6 Å². The van der Waals surface area contributed by atoms with E-state index in [0.717, 1.165) is 17.5 Å². The van der Waals surface area contributed by atoms with E-state index in [0.29, 0.717) is 5.92 Å². The van der Waals surface area contributed by atoms with Crippen molar-refractivity contribution in [3.05, 3.63) is 0 Å². The topological polar surface area (TPSA) is 41.5 Å². The monoisotopic (exact) mass is 202 g/mol. The Balaban J connectivity index is 0.00000169. The Morgan fingerprint density at radius 2 is 2.38 bits per heavy atom. The van der Waals surface area contributed by atoms with E-state index in [1.54, 1.807) is 18.7 Å². The summed E-state index contributed by atoms with van der Waals surface area (Å²) in [5.74, 6) is 1.54. The molecule has 1 rings (SSSR count). The van der Waals surface area contributed by atoms with Crippen molar-refractivity contribution in [1.82, 2.24) is 5.32 Å². The highest BCUT2D eigenvalue weighted by atomic mass is 32.2. The Morgan fingerprint density at radius 1 is 1.69 bits per heavy atom. The fourth-order valence-electron chi connectivity index (χ4n) is 1.29. The summed E-state index contributed by atoms with van der Waals surface area (Å²) in [6.07, 6.45) is 0. The van der Waals surface area contributed by atoms with Gasteiger partial charge in [-0.2, -0.15) is 0 Å². The van der Waals surface area contributed by atoms with Crippen molar-refractivity contribution in [3.63, 3.8) is 0 Å². The third kappa shape index (κ3) is 3.03. The molecule has 0 saturated heterocycles. The van der Waals surface area contributed by atoms with Gasteiger partial charge in [-0.3, -0.25) is 9.79 Å². The Kier molecular flexibility index (Phi) is 3.78. The second kappa shape index (κ2) is 4.65. The van der Waals surface area contributed by atoms with Gasteiger partial charge < -0.3 is 5.32 Å². The number of nitrogens with zero attached hydrogens (tertiary/aromatic N) is 1. The molecular weight excluding hydrogens is 184 g/mol. The van der Waals surface area contributed by atoms with Crippen LogP contribution in [0, 0.1) is 5.92 Å². The summed E-state index contributed by atoms with van der Waals surface area (Å²) in [4.78, 5) is 15.5. The molecular formula is C9H18N2OS. The van der Waals surface area contributed by atoms with Crippen LogP contribution in [0.3, 0.4) is 0 Å². The normalized spacial score (nSPS) is 18.6. The summed E-state index contributed by atoms with van der Waals surface area (Å²) < 4.78 is 0. The predicted molar refractivity (Wildman–Crippen MR) is 59.3 cm³/mol. The molecule has 0 radical (unpaired) electrons. The minimum Gasteiger partial charge on any atom is -0.355 e. The number of carbonyl (C=O) groups is 1. The van der Waals surface area contributed by atoms with Gasteiger partial charge in [0.15, 0.2) is 11.0 Å². The van der Waals surface area contributed by atoms with Gasteiger partial charge in [0.1, 0.15) is 0 Å². The van der Waals surface area contributed by atoms with Crippen molar-refractivity contribution in [2.24, 2.45) is 10.9 Å². The maximum absolute atomic E-state index is 11.2. The van der Waals surface area contributed by atoms with Crippen LogP contribution in [0.4, 0.5) is 0 Å². The van der Waals surface area contributed by atoms with Crippen LogP contribution in [0.5, 0.6) is 0 Å². The summed E-state index contributed by atoms with van der Waals surface area (Å²) >= 11 is 1.69. The van der Waals surface area contributed by atoms with Crippen molar-refractivity contribution in [2.45, 2.75) is 26.8 Å². The molecule has 1 atom stereocenters.